The fourth-order valence-electron chi connectivity index (χ4n) is 4.73. The van der Waals surface area contributed by atoms with Gasteiger partial charge in [0.15, 0.2) is 0 Å². The number of rotatable bonds is 8. The Morgan fingerprint density at radius 1 is 1.13 bits per heavy atom. The molecule has 30 heavy (non-hydrogen) atoms. The molecule has 0 radical (unpaired) electrons. The second-order valence-corrected chi connectivity index (χ2v) is 9.24. The molecule has 2 aliphatic carbocycles. The van der Waals surface area contributed by atoms with Crippen LogP contribution in [0.1, 0.15) is 67.8 Å². The van der Waals surface area contributed by atoms with Crippen LogP contribution >= 0.6 is 0 Å². The van der Waals surface area contributed by atoms with Crippen molar-refractivity contribution >= 4 is 0 Å². The molecule has 0 bridgehead atoms. The maximum Gasteiger partial charge on any atom is 0.347 e. The number of ether oxygens (including phenoxy) is 1. The van der Waals surface area contributed by atoms with Gasteiger partial charge in [0, 0.05) is 18.4 Å². The van der Waals surface area contributed by atoms with Crippen LogP contribution in [-0.4, -0.2) is 5.11 Å². The fraction of sp³-hybridized carbons (Fsp3) is 0.480. The monoisotopic (exact) mass is 410 g/mol. The third-order valence-electron chi connectivity index (χ3n) is 6.67. The lowest BCUT2D eigenvalue weighted by molar-refractivity contribution is 0.0209. The van der Waals surface area contributed by atoms with E-state index in [1.54, 1.807) is 24.5 Å². The highest BCUT2D eigenvalue weighted by Gasteiger charge is 2.45. The van der Waals surface area contributed by atoms with Crippen LogP contribution in [-0.2, 0) is 16.8 Å². The maximum absolute atomic E-state index is 13.3. The molecule has 4 nitrogen and oxygen atoms in total. The summed E-state index contributed by atoms with van der Waals surface area (Å²) in [4.78, 5) is 13.1. The van der Waals surface area contributed by atoms with Gasteiger partial charge in [-0.3, -0.25) is 0 Å². The molecule has 0 amide bonds. The number of hydrogen-bond donors (Lipinski definition) is 1. The summed E-state index contributed by atoms with van der Waals surface area (Å²) in [6.45, 7) is 0. The highest BCUT2D eigenvalue weighted by atomic mass is 19.1. The zero-order chi connectivity index (χ0) is 20.7. The summed E-state index contributed by atoms with van der Waals surface area (Å²) in [7, 11) is 0. The van der Waals surface area contributed by atoms with Crippen molar-refractivity contribution in [3.63, 3.8) is 0 Å². The topological polar surface area (TPSA) is 59.7 Å². The molecule has 2 saturated carbocycles. The largest absolute Gasteiger partial charge is 0.507 e. The van der Waals surface area contributed by atoms with E-state index in [0.29, 0.717) is 30.4 Å². The average Bonchev–Trinajstić information content (AvgIpc) is 3.64. The van der Waals surface area contributed by atoms with E-state index in [9.17, 15) is 14.3 Å². The third kappa shape index (κ3) is 4.03. The summed E-state index contributed by atoms with van der Waals surface area (Å²) in [5.74, 6) is 1.32. The van der Waals surface area contributed by atoms with Gasteiger partial charge in [0.1, 0.15) is 28.5 Å². The molecule has 2 aromatic rings. The normalized spacial score (nSPS) is 24.0. The summed E-state index contributed by atoms with van der Waals surface area (Å²) >= 11 is 0. The number of benzene rings is 1. The Kier molecular flexibility index (Phi) is 4.92. The van der Waals surface area contributed by atoms with Crippen molar-refractivity contribution in [1.29, 1.82) is 0 Å². The summed E-state index contributed by atoms with van der Waals surface area (Å²) in [5, 5.41) is 10.9. The van der Waals surface area contributed by atoms with Crippen LogP contribution < -0.4 is 5.63 Å². The summed E-state index contributed by atoms with van der Waals surface area (Å²) in [5.41, 5.74) is -0.0843. The van der Waals surface area contributed by atoms with Gasteiger partial charge in [-0.15, -0.1) is 0 Å². The Morgan fingerprint density at radius 2 is 1.87 bits per heavy atom. The highest BCUT2D eigenvalue weighted by molar-refractivity contribution is 5.38. The van der Waals surface area contributed by atoms with Gasteiger partial charge < -0.3 is 14.3 Å². The van der Waals surface area contributed by atoms with Gasteiger partial charge >= 0.3 is 5.63 Å². The molecule has 0 saturated heterocycles. The van der Waals surface area contributed by atoms with Crippen molar-refractivity contribution < 1.29 is 18.7 Å². The van der Waals surface area contributed by atoms with Crippen molar-refractivity contribution in [3.8, 4) is 5.75 Å². The maximum atomic E-state index is 13.3. The van der Waals surface area contributed by atoms with E-state index >= 15 is 0 Å². The quantitative estimate of drug-likeness (QED) is 0.621. The molecule has 3 aliphatic rings. The molecule has 5 heteroatoms. The second-order valence-electron chi connectivity index (χ2n) is 9.24. The van der Waals surface area contributed by atoms with E-state index in [1.165, 1.54) is 25.0 Å². The van der Waals surface area contributed by atoms with Crippen LogP contribution in [0.3, 0.4) is 0 Å². The Labute approximate surface area is 175 Å². The van der Waals surface area contributed by atoms with Crippen molar-refractivity contribution in [2.75, 3.05) is 0 Å². The van der Waals surface area contributed by atoms with Gasteiger partial charge in [0.05, 0.1) is 6.26 Å². The molecular formula is C25H27FO4. The van der Waals surface area contributed by atoms with E-state index < -0.39 is 11.2 Å². The molecule has 2 fully saturated rings. The van der Waals surface area contributed by atoms with Crippen LogP contribution in [0.25, 0.3) is 0 Å². The first-order valence-corrected chi connectivity index (χ1v) is 11.0. The molecular weight excluding hydrogens is 383 g/mol. The molecule has 2 unspecified atom stereocenters. The molecule has 2 atom stereocenters. The average molecular weight is 410 g/mol. The van der Waals surface area contributed by atoms with Gasteiger partial charge in [-0.2, -0.15) is 0 Å². The lowest BCUT2D eigenvalue weighted by Crippen LogP contribution is -2.32. The minimum absolute atomic E-state index is 0.0300. The minimum atomic E-state index is -0.812. The summed E-state index contributed by atoms with van der Waals surface area (Å²) in [6.07, 6.45) is 11.0. The Hall–Kier alpha value is -2.56. The van der Waals surface area contributed by atoms with Gasteiger partial charge in [-0.25, -0.2) is 9.18 Å². The van der Waals surface area contributed by atoms with Crippen molar-refractivity contribution in [1.82, 2.24) is 0 Å². The van der Waals surface area contributed by atoms with Crippen molar-refractivity contribution in [3.05, 3.63) is 75.8 Å². The first-order valence-electron chi connectivity index (χ1n) is 11.0. The molecule has 5 rings (SSSR count). The van der Waals surface area contributed by atoms with Crippen LogP contribution in [0.4, 0.5) is 4.39 Å². The predicted octanol–water partition coefficient (Wildman–Crippen LogP) is 5.54. The van der Waals surface area contributed by atoms with E-state index in [0.717, 1.165) is 31.2 Å². The standard InChI is InChI=1S/C25H27FO4/c26-20-8-6-17(7-9-20)13-19(12-16-2-3-16)22-14-21(27)23(24(28)30-22)25(10-1-11-29-25)15-18-4-5-18/h1,6-9,11,14,16,18-19,27H,2-5,10,12-13,15H2. The second kappa shape index (κ2) is 7.60. The van der Waals surface area contributed by atoms with E-state index in [2.05, 4.69) is 0 Å². The number of halogens is 1. The van der Waals surface area contributed by atoms with Gasteiger partial charge in [0.2, 0.25) is 0 Å². The first-order chi connectivity index (χ1) is 14.5. The molecule has 1 N–H and O–H groups in total. The Morgan fingerprint density at radius 3 is 2.47 bits per heavy atom. The van der Waals surface area contributed by atoms with E-state index in [-0.39, 0.29) is 23.0 Å². The van der Waals surface area contributed by atoms with Gasteiger partial charge in [-0.05, 0) is 54.9 Å². The number of hydrogen-bond acceptors (Lipinski definition) is 4. The Bertz CT molecular complexity index is 991. The molecule has 158 valence electrons. The van der Waals surface area contributed by atoms with Crippen molar-refractivity contribution in [2.45, 2.75) is 62.9 Å². The van der Waals surface area contributed by atoms with Gasteiger partial charge in [0.25, 0.3) is 0 Å². The summed E-state index contributed by atoms with van der Waals surface area (Å²) < 4.78 is 25.0. The Balaban J connectivity index is 1.46. The predicted molar refractivity (Wildman–Crippen MR) is 111 cm³/mol. The van der Waals surface area contributed by atoms with Crippen LogP contribution in [0.5, 0.6) is 5.75 Å². The van der Waals surface area contributed by atoms with Crippen LogP contribution in [0.2, 0.25) is 0 Å². The van der Waals surface area contributed by atoms with E-state index in [1.807, 2.05) is 6.08 Å². The zero-order valence-corrected chi connectivity index (χ0v) is 17.0. The van der Waals surface area contributed by atoms with Crippen LogP contribution in [0.15, 0.2) is 51.9 Å². The van der Waals surface area contributed by atoms with Crippen molar-refractivity contribution in [2.24, 2.45) is 11.8 Å². The molecule has 2 heterocycles. The summed E-state index contributed by atoms with van der Waals surface area (Å²) in [6, 6.07) is 8.05. The van der Waals surface area contributed by atoms with E-state index in [4.69, 9.17) is 9.15 Å². The highest BCUT2D eigenvalue weighted by Crippen LogP contribution is 2.48. The smallest absolute Gasteiger partial charge is 0.347 e. The first kappa shape index (κ1) is 19.4. The fourth-order valence-corrected chi connectivity index (χ4v) is 4.73. The molecule has 1 aromatic carbocycles. The molecule has 1 aliphatic heterocycles. The SMILES string of the molecule is O=c1oc(C(Cc2ccc(F)cc2)CC2CC2)cc(O)c1C1(CC2CC2)CC=CO1. The third-order valence-corrected chi connectivity index (χ3v) is 6.67. The lowest BCUT2D eigenvalue weighted by atomic mass is 9.85. The molecule has 0 spiro atoms. The van der Waals surface area contributed by atoms with Crippen LogP contribution in [0, 0.1) is 17.7 Å². The minimum Gasteiger partial charge on any atom is -0.507 e. The zero-order valence-electron chi connectivity index (χ0n) is 17.0. The molecule has 1 aromatic heterocycles. The van der Waals surface area contributed by atoms with Gasteiger partial charge in [-0.1, -0.05) is 37.8 Å². The number of aromatic hydroxyl groups is 1. The lowest BCUT2D eigenvalue weighted by Gasteiger charge is -2.29.